The van der Waals surface area contributed by atoms with E-state index in [4.69, 9.17) is 4.74 Å². The van der Waals surface area contributed by atoms with Gasteiger partial charge < -0.3 is 19.9 Å². The Balaban J connectivity index is 1.35. The quantitative estimate of drug-likeness (QED) is 0.798. The molecule has 2 amide bonds. The maximum Gasteiger partial charge on any atom is 0.317 e. The van der Waals surface area contributed by atoms with Crippen LogP contribution in [-0.4, -0.2) is 67.3 Å². The zero-order valence-electron chi connectivity index (χ0n) is 16.7. The molecule has 3 rings (SSSR count). The number of nitrogens with one attached hydrogen (secondary N) is 1. The van der Waals surface area contributed by atoms with E-state index in [0.29, 0.717) is 6.04 Å². The van der Waals surface area contributed by atoms with Gasteiger partial charge in [-0.3, -0.25) is 0 Å². The number of carbonyl (C=O) groups excluding carboxylic acids is 1. The lowest BCUT2D eigenvalue weighted by Gasteiger charge is -2.36. The van der Waals surface area contributed by atoms with Gasteiger partial charge in [-0.1, -0.05) is 37.3 Å². The second kappa shape index (κ2) is 10.7. The van der Waals surface area contributed by atoms with Crippen LogP contribution in [0, 0.1) is 0 Å². The summed E-state index contributed by atoms with van der Waals surface area (Å²) in [7, 11) is 0. The molecule has 1 aromatic carbocycles. The topological polar surface area (TPSA) is 44.8 Å². The number of urea groups is 1. The second-order valence-corrected chi connectivity index (χ2v) is 7.88. The van der Waals surface area contributed by atoms with E-state index in [-0.39, 0.29) is 12.1 Å². The highest BCUT2D eigenvalue weighted by Crippen LogP contribution is 2.16. The molecule has 2 aliphatic heterocycles. The third-order valence-corrected chi connectivity index (χ3v) is 5.70. The summed E-state index contributed by atoms with van der Waals surface area (Å²) >= 11 is 0. The van der Waals surface area contributed by atoms with E-state index in [1.165, 1.54) is 5.56 Å². The van der Waals surface area contributed by atoms with Gasteiger partial charge in [0, 0.05) is 45.4 Å². The van der Waals surface area contributed by atoms with Gasteiger partial charge in [-0.25, -0.2) is 4.79 Å². The minimum absolute atomic E-state index is 0.0996. The molecule has 0 aliphatic carbocycles. The van der Waals surface area contributed by atoms with Crippen molar-refractivity contribution in [2.45, 2.75) is 57.6 Å². The molecule has 2 heterocycles. The summed E-state index contributed by atoms with van der Waals surface area (Å²) in [6.45, 7) is 7.75. The maximum atomic E-state index is 12.6. The molecule has 2 saturated heterocycles. The van der Waals surface area contributed by atoms with Gasteiger partial charge in [0.2, 0.25) is 0 Å². The number of piperidine rings is 2. The number of hydrogen-bond donors (Lipinski definition) is 1. The zero-order chi connectivity index (χ0) is 18.9. The molecule has 2 aliphatic rings. The van der Waals surface area contributed by atoms with Crippen LogP contribution in [0.3, 0.4) is 0 Å². The molecule has 1 aromatic rings. The lowest BCUT2D eigenvalue weighted by atomic mass is 10.0. The van der Waals surface area contributed by atoms with Gasteiger partial charge in [0.1, 0.15) is 0 Å². The van der Waals surface area contributed by atoms with Crippen molar-refractivity contribution in [3.05, 3.63) is 35.9 Å². The summed E-state index contributed by atoms with van der Waals surface area (Å²) in [5.41, 5.74) is 1.40. The number of benzene rings is 1. The molecule has 27 heavy (non-hydrogen) atoms. The summed E-state index contributed by atoms with van der Waals surface area (Å²) in [6, 6.07) is 11.1. The van der Waals surface area contributed by atoms with Crippen molar-refractivity contribution in [2.24, 2.45) is 0 Å². The molecule has 5 nitrogen and oxygen atoms in total. The fraction of sp³-hybridized carbons (Fsp3) is 0.682. The fourth-order valence-electron chi connectivity index (χ4n) is 4.04. The molecule has 1 atom stereocenters. The number of rotatable bonds is 7. The van der Waals surface area contributed by atoms with Crippen LogP contribution in [-0.2, 0) is 11.2 Å². The van der Waals surface area contributed by atoms with Crippen molar-refractivity contribution in [2.75, 3.05) is 39.3 Å². The summed E-state index contributed by atoms with van der Waals surface area (Å²) in [5.74, 6) is 0. The van der Waals surface area contributed by atoms with Crippen LogP contribution < -0.4 is 5.32 Å². The first-order chi connectivity index (χ1) is 13.2. The van der Waals surface area contributed by atoms with Crippen molar-refractivity contribution in [1.82, 2.24) is 15.1 Å². The molecular weight excluding hydrogens is 338 g/mol. The third kappa shape index (κ3) is 6.51. The van der Waals surface area contributed by atoms with E-state index < -0.39 is 0 Å². The molecule has 0 aromatic heterocycles. The Kier molecular flexibility index (Phi) is 7.96. The lowest BCUT2D eigenvalue weighted by molar-refractivity contribution is 0.00948. The summed E-state index contributed by atoms with van der Waals surface area (Å²) in [5, 5.41) is 3.26. The molecule has 5 heteroatoms. The van der Waals surface area contributed by atoms with E-state index in [1.807, 2.05) is 4.90 Å². The Morgan fingerprint density at radius 3 is 2.67 bits per heavy atom. The van der Waals surface area contributed by atoms with Crippen LogP contribution in [0.2, 0.25) is 0 Å². The number of ether oxygens (including phenoxy) is 1. The van der Waals surface area contributed by atoms with Crippen molar-refractivity contribution in [3.63, 3.8) is 0 Å². The third-order valence-electron chi connectivity index (χ3n) is 5.70. The number of carbonyl (C=O) groups is 1. The van der Waals surface area contributed by atoms with E-state index in [2.05, 4.69) is 47.5 Å². The maximum absolute atomic E-state index is 12.6. The van der Waals surface area contributed by atoms with Gasteiger partial charge in [0.15, 0.2) is 0 Å². The molecule has 0 radical (unpaired) electrons. The first-order valence-electron chi connectivity index (χ1n) is 10.7. The predicted molar refractivity (Wildman–Crippen MR) is 109 cm³/mol. The Morgan fingerprint density at radius 2 is 1.93 bits per heavy atom. The SMILES string of the molecule is CCCO[C@H]1CCCN(C(=O)NC2CCN(CCc3ccccc3)CC2)C1. The second-order valence-electron chi connectivity index (χ2n) is 7.88. The molecule has 0 saturated carbocycles. The van der Waals surface area contributed by atoms with Crippen LogP contribution in [0.5, 0.6) is 0 Å². The first-order valence-corrected chi connectivity index (χ1v) is 10.7. The minimum Gasteiger partial charge on any atom is -0.376 e. The highest BCUT2D eigenvalue weighted by molar-refractivity contribution is 5.74. The highest BCUT2D eigenvalue weighted by atomic mass is 16.5. The Labute approximate surface area is 164 Å². The van der Waals surface area contributed by atoms with Crippen LogP contribution in [0.1, 0.15) is 44.6 Å². The largest absolute Gasteiger partial charge is 0.376 e. The van der Waals surface area contributed by atoms with Crippen LogP contribution in [0.25, 0.3) is 0 Å². The fourth-order valence-corrected chi connectivity index (χ4v) is 4.04. The number of hydrogen-bond acceptors (Lipinski definition) is 3. The Morgan fingerprint density at radius 1 is 1.15 bits per heavy atom. The first kappa shape index (κ1) is 20.2. The van der Waals surface area contributed by atoms with Gasteiger partial charge in [0.25, 0.3) is 0 Å². The van der Waals surface area contributed by atoms with Gasteiger partial charge in [-0.15, -0.1) is 0 Å². The van der Waals surface area contributed by atoms with Gasteiger partial charge in [-0.05, 0) is 44.1 Å². The highest BCUT2D eigenvalue weighted by Gasteiger charge is 2.27. The van der Waals surface area contributed by atoms with Gasteiger partial charge >= 0.3 is 6.03 Å². The molecular formula is C22H35N3O2. The van der Waals surface area contributed by atoms with Crippen LogP contribution in [0.4, 0.5) is 4.79 Å². The van der Waals surface area contributed by atoms with Crippen LogP contribution >= 0.6 is 0 Å². The number of nitrogens with zero attached hydrogens (tertiary/aromatic N) is 2. The average Bonchev–Trinajstić information content (AvgIpc) is 2.72. The zero-order valence-corrected chi connectivity index (χ0v) is 16.7. The Bertz CT molecular complexity index is 558. The molecule has 0 spiro atoms. The predicted octanol–water partition coefficient (Wildman–Crippen LogP) is 3.29. The number of amides is 2. The molecule has 150 valence electrons. The van der Waals surface area contributed by atoms with Crippen molar-refractivity contribution in [1.29, 1.82) is 0 Å². The summed E-state index contributed by atoms with van der Waals surface area (Å²) in [4.78, 5) is 17.1. The van der Waals surface area contributed by atoms with Crippen molar-refractivity contribution >= 4 is 6.03 Å². The van der Waals surface area contributed by atoms with Crippen molar-refractivity contribution in [3.8, 4) is 0 Å². The van der Waals surface area contributed by atoms with Gasteiger partial charge in [0.05, 0.1) is 6.10 Å². The van der Waals surface area contributed by atoms with Crippen LogP contribution in [0.15, 0.2) is 30.3 Å². The normalized spacial score (nSPS) is 22.0. The van der Waals surface area contributed by atoms with E-state index in [9.17, 15) is 4.79 Å². The Hall–Kier alpha value is -1.59. The minimum atomic E-state index is 0.0996. The molecule has 0 bridgehead atoms. The number of likely N-dealkylation sites (tertiary alicyclic amines) is 2. The van der Waals surface area contributed by atoms with E-state index in [0.717, 1.165) is 77.9 Å². The summed E-state index contributed by atoms with van der Waals surface area (Å²) < 4.78 is 5.85. The molecule has 0 unspecified atom stereocenters. The standard InChI is InChI=1S/C22H35N3O2/c1-2-17-27-21-9-6-13-25(18-21)22(26)23-20-11-15-24(16-12-20)14-10-19-7-4-3-5-8-19/h3-5,7-8,20-21H,2,6,9-18H2,1H3,(H,23,26)/t21-/m0/s1. The van der Waals surface area contributed by atoms with Crippen molar-refractivity contribution < 1.29 is 9.53 Å². The molecule has 1 N–H and O–H groups in total. The monoisotopic (exact) mass is 373 g/mol. The molecule has 2 fully saturated rings. The lowest BCUT2D eigenvalue weighted by Crippen LogP contribution is -2.52. The smallest absolute Gasteiger partial charge is 0.317 e. The van der Waals surface area contributed by atoms with E-state index in [1.54, 1.807) is 0 Å². The van der Waals surface area contributed by atoms with E-state index >= 15 is 0 Å². The summed E-state index contributed by atoms with van der Waals surface area (Å²) in [6.07, 6.45) is 6.55. The van der Waals surface area contributed by atoms with Gasteiger partial charge in [-0.2, -0.15) is 0 Å². The average molecular weight is 374 g/mol.